The van der Waals surface area contributed by atoms with E-state index in [1.54, 1.807) is 12.1 Å². The summed E-state index contributed by atoms with van der Waals surface area (Å²) < 4.78 is 90.9. The first-order valence-corrected chi connectivity index (χ1v) is 12.3. The Balaban J connectivity index is 1.80. The standard InChI is InChI=1S/C23H23F5N2O5S/c1-21(2,32)19-11-16(7-9-29-19)13-30(17-8-10-36(33,34)14-17)20(31)12-15-3-5-18(6-4-15)35-23(27,28)22(24,25)26/h3-11,17,32H,12-14H2,1-2H3/t17-/m1/s1. The van der Waals surface area contributed by atoms with E-state index in [-0.39, 0.29) is 24.3 Å². The molecule has 0 radical (unpaired) electrons. The van der Waals surface area contributed by atoms with Gasteiger partial charge >= 0.3 is 12.3 Å². The predicted molar refractivity (Wildman–Crippen MR) is 119 cm³/mol. The Morgan fingerprint density at radius 1 is 1.11 bits per heavy atom. The van der Waals surface area contributed by atoms with Crippen LogP contribution in [-0.4, -0.2) is 53.4 Å². The van der Waals surface area contributed by atoms with E-state index in [9.17, 15) is 40.3 Å². The fourth-order valence-electron chi connectivity index (χ4n) is 3.41. The number of pyridine rings is 1. The predicted octanol–water partition coefficient (Wildman–Crippen LogP) is 3.72. The van der Waals surface area contributed by atoms with Gasteiger partial charge in [-0.15, -0.1) is 0 Å². The van der Waals surface area contributed by atoms with Gasteiger partial charge < -0.3 is 14.7 Å². The van der Waals surface area contributed by atoms with Crippen LogP contribution in [0.4, 0.5) is 22.0 Å². The van der Waals surface area contributed by atoms with Gasteiger partial charge in [0.25, 0.3) is 0 Å². The largest absolute Gasteiger partial charge is 0.499 e. The van der Waals surface area contributed by atoms with Crippen molar-refractivity contribution in [3.8, 4) is 5.75 Å². The monoisotopic (exact) mass is 534 g/mol. The number of nitrogens with zero attached hydrogens (tertiary/aromatic N) is 2. The third kappa shape index (κ3) is 6.78. The number of sulfone groups is 1. The number of hydrogen-bond donors (Lipinski definition) is 1. The van der Waals surface area contributed by atoms with E-state index < -0.39 is 45.4 Å². The fourth-order valence-corrected chi connectivity index (χ4v) is 4.70. The highest BCUT2D eigenvalue weighted by atomic mass is 32.2. The molecule has 0 bridgehead atoms. The Morgan fingerprint density at radius 2 is 1.75 bits per heavy atom. The molecule has 1 aromatic carbocycles. The molecule has 2 heterocycles. The first-order chi connectivity index (χ1) is 16.5. The zero-order chi connectivity index (χ0) is 26.9. The van der Waals surface area contributed by atoms with Gasteiger partial charge in [-0.2, -0.15) is 22.0 Å². The van der Waals surface area contributed by atoms with E-state index in [1.165, 1.54) is 31.0 Å². The molecule has 0 spiro atoms. The summed E-state index contributed by atoms with van der Waals surface area (Å²) in [6, 6.07) is 6.50. The summed E-state index contributed by atoms with van der Waals surface area (Å²) >= 11 is 0. The Labute approximate surface area is 204 Å². The van der Waals surface area contributed by atoms with Crippen molar-refractivity contribution in [3.63, 3.8) is 0 Å². The second-order valence-electron chi connectivity index (χ2n) is 8.79. The summed E-state index contributed by atoms with van der Waals surface area (Å²) in [4.78, 5) is 18.6. The third-order valence-corrected chi connectivity index (χ3v) is 6.67. The maximum atomic E-state index is 13.2. The molecule has 1 aliphatic heterocycles. The van der Waals surface area contributed by atoms with E-state index in [4.69, 9.17) is 0 Å². The van der Waals surface area contributed by atoms with Crippen LogP contribution >= 0.6 is 0 Å². The van der Waals surface area contributed by atoms with Crippen molar-refractivity contribution in [2.24, 2.45) is 0 Å². The lowest BCUT2D eigenvalue weighted by atomic mass is 10.0. The quantitative estimate of drug-likeness (QED) is 0.519. The average molecular weight is 535 g/mol. The summed E-state index contributed by atoms with van der Waals surface area (Å²) in [5.41, 5.74) is -0.0577. The number of carbonyl (C=O) groups is 1. The Morgan fingerprint density at radius 3 is 2.28 bits per heavy atom. The molecular weight excluding hydrogens is 511 g/mol. The third-order valence-electron chi connectivity index (χ3n) is 5.29. The van der Waals surface area contributed by atoms with Crippen LogP contribution in [0.5, 0.6) is 5.75 Å². The van der Waals surface area contributed by atoms with Crippen LogP contribution in [0, 0.1) is 0 Å². The van der Waals surface area contributed by atoms with Crippen LogP contribution in [0.25, 0.3) is 0 Å². The number of ether oxygens (including phenoxy) is 1. The molecule has 1 N–H and O–H groups in total. The molecule has 0 aliphatic carbocycles. The number of benzene rings is 1. The molecule has 3 rings (SSSR count). The highest BCUT2D eigenvalue weighted by Gasteiger charge is 2.61. The number of alkyl halides is 5. The van der Waals surface area contributed by atoms with Gasteiger partial charge in [0.1, 0.15) is 11.4 Å². The fraction of sp³-hybridized carbons (Fsp3) is 0.391. The molecule has 7 nitrogen and oxygen atoms in total. The summed E-state index contributed by atoms with van der Waals surface area (Å²) in [6.07, 6.45) is -8.74. The second-order valence-corrected chi connectivity index (χ2v) is 10.7. The van der Waals surface area contributed by atoms with Crippen LogP contribution in [0.15, 0.2) is 54.1 Å². The van der Waals surface area contributed by atoms with E-state index >= 15 is 0 Å². The van der Waals surface area contributed by atoms with Crippen LogP contribution in [-0.2, 0) is 33.2 Å². The Hall–Kier alpha value is -3.06. The van der Waals surface area contributed by atoms with Crippen molar-refractivity contribution in [3.05, 3.63) is 70.9 Å². The molecule has 0 saturated carbocycles. The minimum atomic E-state index is -5.89. The average Bonchev–Trinajstić information content (AvgIpc) is 3.11. The lowest BCUT2D eigenvalue weighted by molar-refractivity contribution is -0.360. The van der Waals surface area contributed by atoms with Crippen molar-refractivity contribution in [2.45, 2.75) is 50.7 Å². The molecule has 36 heavy (non-hydrogen) atoms. The maximum absolute atomic E-state index is 13.2. The summed E-state index contributed by atoms with van der Waals surface area (Å²) in [6.45, 7) is 3.05. The van der Waals surface area contributed by atoms with Crippen LogP contribution in [0.1, 0.15) is 30.7 Å². The van der Waals surface area contributed by atoms with Crippen molar-refractivity contribution in [1.29, 1.82) is 0 Å². The first-order valence-electron chi connectivity index (χ1n) is 10.6. The van der Waals surface area contributed by atoms with Gasteiger partial charge in [-0.1, -0.05) is 12.1 Å². The molecule has 1 amide bonds. The molecule has 0 fully saturated rings. The topological polar surface area (TPSA) is 96.8 Å². The van der Waals surface area contributed by atoms with Gasteiger partial charge in [0.15, 0.2) is 9.84 Å². The van der Waals surface area contributed by atoms with E-state index in [1.807, 2.05) is 0 Å². The van der Waals surface area contributed by atoms with Gasteiger partial charge in [0.2, 0.25) is 5.91 Å². The Bertz CT molecular complexity index is 1240. The van der Waals surface area contributed by atoms with Gasteiger partial charge in [0.05, 0.1) is 23.9 Å². The number of carbonyl (C=O) groups excluding carboxylic acids is 1. The summed E-state index contributed by atoms with van der Waals surface area (Å²) in [5.74, 6) is -1.59. The number of rotatable bonds is 8. The van der Waals surface area contributed by atoms with Crippen molar-refractivity contribution < 1.29 is 45.0 Å². The maximum Gasteiger partial charge on any atom is 0.499 e. The minimum Gasteiger partial charge on any atom is -0.426 e. The number of hydrogen-bond acceptors (Lipinski definition) is 6. The SMILES string of the molecule is CC(C)(O)c1cc(CN(C(=O)Cc2ccc(OC(F)(F)C(F)(F)F)cc2)[C@@H]2C=CS(=O)(=O)C2)ccn1. The molecule has 0 unspecified atom stereocenters. The van der Waals surface area contributed by atoms with Gasteiger partial charge in [0, 0.05) is 18.1 Å². The molecule has 2 aromatic rings. The van der Waals surface area contributed by atoms with Gasteiger partial charge in [-0.3, -0.25) is 9.78 Å². The highest BCUT2D eigenvalue weighted by molar-refractivity contribution is 7.94. The number of aliphatic hydroxyl groups is 1. The molecule has 0 saturated heterocycles. The number of aromatic nitrogens is 1. The summed E-state index contributed by atoms with van der Waals surface area (Å²) in [7, 11) is -3.51. The molecule has 1 atom stereocenters. The van der Waals surface area contributed by atoms with E-state index in [0.29, 0.717) is 11.3 Å². The minimum absolute atomic E-state index is 0.0199. The summed E-state index contributed by atoms with van der Waals surface area (Å²) in [5, 5.41) is 11.2. The van der Waals surface area contributed by atoms with E-state index in [0.717, 1.165) is 29.7 Å². The zero-order valence-electron chi connectivity index (χ0n) is 19.2. The van der Waals surface area contributed by atoms with Crippen molar-refractivity contribution >= 4 is 15.7 Å². The second kappa shape index (κ2) is 9.77. The Kier molecular flexibility index (Phi) is 7.47. The number of halogens is 5. The number of amides is 1. The van der Waals surface area contributed by atoms with Crippen LogP contribution in [0.2, 0.25) is 0 Å². The normalized spacial score (nSPS) is 17.7. The smallest absolute Gasteiger partial charge is 0.426 e. The molecule has 1 aromatic heterocycles. The molecule has 13 heteroatoms. The van der Waals surface area contributed by atoms with Crippen LogP contribution in [0.3, 0.4) is 0 Å². The van der Waals surface area contributed by atoms with E-state index in [2.05, 4.69) is 9.72 Å². The lowest BCUT2D eigenvalue weighted by Gasteiger charge is -2.28. The first kappa shape index (κ1) is 27.5. The van der Waals surface area contributed by atoms with Gasteiger partial charge in [-0.25, -0.2) is 8.42 Å². The van der Waals surface area contributed by atoms with Crippen molar-refractivity contribution in [1.82, 2.24) is 9.88 Å². The molecule has 1 aliphatic rings. The van der Waals surface area contributed by atoms with Crippen LogP contribution < -0.4 is 4.74 Å². The highest BCUT2D eigenvalue weighted by Crippen LogP contribution is 2.37. The van der Waals surface area contributed by atoms with Gasteiger partial charge in [-0.05, 0) is 55.3 Å². The lowest BCUT2D eigenvalue weighted by Crippen LogP contribution is -2.42. The zero-order valence-corrected chi connectivity index (χ0v) is 20.0. The molecule has 196 valence electrons. The van der Waals surface area contributed by atoms with Crippen molar-refractivity contribution in [2.75, 3.05) is 5.75 Å². The molecular formula is C23H23F5N2O5S.